The minimum Gasteiger partial charge on any atom is -0.467 e. The van der Waals surface area contributed by atoms with E-state index in [4.69, 9.17) is 4.42 Å². The molecule has 0 unspecified atom stereocenters. The molecule has 0 fully saturated rings. The fourth-order valence-electron chi connectivity index (χ4n) is 2.05. The molecule has 0 N–H and O–H groups in total. The van der Waals surface area contributed by atoms with Crippen LogP contribution < -0.4 is 0 Å². The lowest BCUT2D eigenvalue weighted by atomic mass is 10.1. The average molecular weight is 327 g/mol. The molecule has 0 aliphatic carbocycles. The van der Waals surface area contributed by atoms with Crippen LogP contribution in [0, 0.1) is 0 Å². The van der Waals surface area contributed by atoms with Crippen LogP contribution in [-0.4, -0.2) is 34.6 Å². The van der Waals surface area contributed by atoms with Gasteiger partial charge in [-0.05, 0) is 26.0 Å². The Balaban J connectivity index is 2.45. The topological polar surface area (TPSA) is 41.1 Å². The first-order valence-electron chi connectivity index (χ1n) is 6.04. The Labute approximate surface area is 121 Å². The van der Waals surface area contributed by atoms with E-state index in [0.717, 1.165) is 18.7 Å². The molecule has 0 aromatic carbocycles. The molecular formula is C12H11F6N3O. The lowest BCUT2D eigenvalue weighted by molar-refractivity contribution is -0.293. The van der Waals surface area contributed by atoms with Gasteiger partial charge in [0, 0.05) is 0 Å². The molecule has 10 heteroatoms. The maximum Gasteiger partial charge on any atom is 0.443 e. The Morgan fingerprint density at radius 1 is 1.05 bits per heavy atom. The summed E-state index contributed by atoms with van der Waals surface area (Å²) < 4.78 is 82.9. The number of hydrogen-bond donors (Lipinski definition) is 0. The Morgan fingerprint density at radius 2 is 1.55 bits per heavy atom. The van der Waals surface area contributed by atoms with Crippen molar-refractivity contribution in [2.75, 3.05) is 0 Å². The van der Waals surface area contributed by atoms with Gasteiger partial charge in [0.15, 0.2) is 0 Å². The van der Waals surface area contributed by atoms with Crippen molar-refractivity contribution < 1.29 is 30.8 Å². The van der Waals surface area contributed by atoms with Gasteiger partial charge in [-0.15, -0.1) is 0 Å². The first-order valence-corrected chi connectivity index (χ1v) is 6.04. The zero-order chi connectivity index (χ0) is 16.8. The Hall–Kier alpha value is -2.00. The van der Waals surface area contributed by atoms with Gasteiger partial charge in [0.2, 0.25) is 0 Å². The van der Waals surface area contributed by atoms with E-state index >= 15 is 0 Å². The third kappa shape index (κ3) is 2.57. The van der Waals surface area contributed by atoms with Gasteiger partial charge in [0.1, 0.15) is 17.4 Å². The predicted molar refractivity (Wildman–Crippen MR) is 65.3 cm³/mol. The van der Waals surface area contributed by atoms with Crippen molar-refractivity contribution in [2.45, 2.75) is 38.4 Å². The van der Waals surface area contributed by atoms with Gasteiger partial charge < -0.3 is 9.32 Å². The molecule has 0 bridgehead atoms. The quantitative estimate of drug-likeness (QED) is 0.776. The van der Waals surface area contributed by atoms with E-state index in [0.29, 0.717) is 5.76 Å². The van der Waals surface area contributed by atoms with Gasteiger partial charge in [0.05, 0.1) is 12.8 Å². The number of hydrogen-bond acceptors (Lipinski definition) is 4. The summed E-state index contributed by atoms with van der Waals surface area (Å²) in [6, 6.07) is 3.09. The normalized spacial score (nSPS) is 19.0. The van der Waals surface area contributed by atoms with Crippen LogP contribution in [-0.2, 0) is 6.54 Å². The standard InChI is InChI=1S/C12H11F6N3O/c1-7-19-10(11(13,14)15,12(16,17)18)20-8(2)21(7)6-9-4-3-5-22-9/h3-5H,6H2,1-2H3. The smallest absolute Gasteiger partial charge is 0.443 e. The van der Waals surface area contributed by atoms with Crippen LogP contribution in [0.5, 0.6) is 0 Å². The third-order valence-corrected chi connectivity index (χ3v) is 3.11. The number of nitrogens with zero attached hydrogens (tertiary/aromatic N) is 3. The van der Waals surface area contributed by atoms with E-state index in [1.165, 1.54) is 12.3 Å². The summed E-state index contributed by atoms with van der Waals surface area (Å²) in [6.45, 7) is 2.06. The molecule has 0 spiro atoms. The van der Waals surface area contributed by atoms with Gasteiger partial charge >= 0.3 is 18.0 Å². The van der Waals surface area contributed by atoms with E-state index in [1.54, 1.807) is 6.07 Å². The number of rotatable bonds is 2. The van der Waals surface area contributed by atoms with Crippen molar-refractivity contribution in [3.8, 4) is 0 Å². The largest absolute Gasteiger partial charge is 0.467 e. The predicted octanol–water partition coefficient (Wildman–Crippen LogP) is 3.75. The lowest BCUT2D eigenvalue weighted by Gasteiger charge is -2.37. The fourth-order valence-corrected chi connectivity index (χ4v) is 2.05. The number of halogens is 6. The highest BCUT2D eigenvalue weighted by atomic mass is 19.4. The zero-order valence-electron chi connectivity index (χ0n) is 11.5. The molecule has 0 saturated heterocycles. The molecule has 0 atom stereocenters. The van der Waals surface area contributed by atoms with Gasteiger partial charge in [-0.25, -0.2) is 9.98 Å². The molecule has 1 aliphatic rings. The summed E-state index contributed by atoms with van der Waals surface area (Å²) >= 11 is 0. The molecule has 0 radical (unpaired) electrons. The lowest BCUT2D eigenvalue weighted by Crippen LogP contribution is -2.58. The Bertz CT molecular complexity index is 563. The minimum absolute atomic E-state index is 0.0660. The number of alkyl halides is 6. The summed E-state index contributed by atoms with van der Waals surface area (Å²) in [5.41, 5.74) is -4.46. The van der Waals surface area contributed by atoms with Gasteiger partial charge in [-0.1, -0.05) is 0 Å². The van der Waals surface area contributed by atoms with Crippen LogP contribution in [0.2, 0.25) is 0 Å². The summed E-state index contributed by atoms with van der Waals surface area (Å²) in [4.78, 5) is 6.78. The van der Waals surface area contributed by atoms with Gasteiger partial charge in [-0.3, -0.25) is 0 Å². The van der Waals surface area contributed by atoms with E-state index in [-0.39, 0.29) is 6.54 Å². The highest BCUT2D eigenvalue weighted by molar-refractivity contribution is 6.00. The van der Waals surface area contributed by atoms with Crippen LogP contribution in [0.15, 0.2) is 32.8 Å². The van der Waals surface area contributed by atoms with E-state index in [1.807, 2.05) is 0 Å². The monoisotopic (exact) mass is 327 g/mol. The molecule has 22 heavy (non-hydrogen) atoms. The van der Waals surface area contributed by atoms with Crippen molar-refractivity contribution in [1.82, 2.24) is 4.90 Å². The maximum absolute atomic E-state index is 13.0. The molecule has 1 aromatic heterocycles. The molecule has 0 saturated carbocycles. The Morgan fingerprint density at radius 3 is 1.91 bits per heavy atom. The van der Waals surface area contributed by atoms with E-state index in [9.17, 15) is 26.3 Å². The minimum atomic E-state index is -5.69. The molecule has 1 aromatic rings. The number of aliphatic imine (C=N–C) groups is 2. The highest BCUT2D eigenvalue weighted by Crippen LogP contribution is 2.48. The van der Waals surface area contributed by atoms with Crippen molar-refractivity contribution in [1.29, 1.82) is 0 Å². The van der Waals surface area contributed by atoms with E-state index in [2.05, 4.69) is 9.98 Å². The van der Waals surface area contributed by atoms with Gasteiger partial charge in [-0.2, -0.15) is 26.3 Å². The summed E-state index contributed by atoms with van der Waals surface area (Å²) in [6.07, 6.45) is -10.0. The summed E-state index contributed by atoms with van der Waals surface area (Å²) in [5, 5.41) is 0. The fraction of sp³-hybridized carbons (Fsp3) is 0.500. The maximum atomic E-state index is 13.0. The SMILES string of the molecule is CC1=NC(C(F)(F)F)(C(F)(F)F)N=C(C)N1Cc1ccco1. The van der Waals surface area contributed by atoms with Crippen LogP contribution in [0.25, 0.3) is 0 Å². The second-order valence-corrected chi connectivity index (χ2v) is 4.65. The molecular weight excluding hydrogens is 316 g/mol. The summed E-state index contributed by atoms with van der Waals surface area (Å²) in [5.74, 6) is -0.535. The Kier molecular flexibility index (Phi) is 3.74. The first-order chi connectivity index (χ1) is 9.98. The van der Waals surface area contributed by atoms with Crippen LogP contribution in [0.3, 0.4) is 0 Å². The van der Waals surface area contributed by atoms with Crippen molar-refractivity contribution in [3.63, 3.8) is 0 Å². The summed E-state index contributed by atoms with van der Waals surface area (Å²) in [7, 11) is 0. The van der Waals surface area contributed by atoms with Crippen LogP contribution in [0.1, 0.15) is 19.6 Å². The van der Waals surface area contributed by atoms with Crippen LogP contribution >= 0.6 is 0 Å². The van der Waals surface area contributed by atoms with Crippen molar-refractivity contribution >= 4 is 11.7 Å². The first kappa shape index (κ1) is 16.4. The van der Waals surface area contributed by atoms with E-state index < -0.39 is 29.7 Å². The van der Waals surface area contributed by atoms with Gasteiger partial charge in [0.25, 0.3) is 0 Å². The number of amidine groups is 2. The molecule has 122 valence electrons. The molecule has 1 aliphatic heterocycles. The second kappa shape index (κ2) is 5.03. The van der Waals surface area contributed by atoms with Crippen molar-refractivity contribution in [3.05, 3.63) is 24.2 Å². The highest BCUT2D eigenvalue weighted by Gasteiger charge is 2.73. The van der Waals surface area contributed by atoms with Crippen molar-refractivity contribution in [2.24, 2.45) is 9.98 Å². The molecule has 4 nitrogen and oxygen atoms in total. The number of furan rings is 1. The third-order valence-electron chi connectivity index (χ3n) is 3.11. The second-order valence-electron chi connectivity index (χ2n) is 4.65. The molecule has 2 heterocycles. The molecule has 2 rings (SSSR count). The zero-order valence-corrected chi connectivity index (χ0v) is 11.5. The van der Waals surface area contributed by atoms with Crippen LogP contribution in [0.4, 0.5) is 26.3 Å². The average Bonchev–Trinajstić information content (AvgIpc) is 2.83. The molecule has 0 amide bonds.